The summed E-state index contributed by atoms with van der Waals surface area (Å²) in [6, 6.07) is 2.15. The average Bonchev–Trinajstić information content (AvgIpc) is 2.70. The van der Waals surface area contributed by atoms with Gasteiger partial charge in [-0.25, -0.2) is 4.98 Å². The molecular formula is C12H18N4S2. The van der Waals surface area contributed by atoms with Crippen LogP contribution in [0.5, 0.6) is 0 Å². The van der Waals surface area contributed by atoms with E-state index in [9.17, 15) is 0 Å². The maximum absolute atomic E-state index is 4.54. The third kappa shape index (κ3) is 3.05. The number of nitrogens with one attached hydrogen (secondary N) is 2. The van der Waals surface area contributed by atoms with Gasteiger partial charge >= 0.3 is 0 Å². The van der Waals surface area contributed by atoms with Gasteiger partial charge in [-0.15, -0.1) is 11.3 Å². The number of nitrogens with zero attached hydrogens (tertiary/aromatic N) is 2. The van der Waals surface area contributed by atoms with Crippen molar-refractivity contribution >= 4 is 45.1 Å². The van der Waals surface area contributed by atoms with Gasteiger partial charge in [-0.3, -0.25) is 0 Å². The molecule has 0 fully saturated rings. The van der Waals surface area contributed by atoms with E-state index in [1.807, 2.05) is 18.7 Å². The average molecular weight is 282 g/mol. The Kier molecular flexibility index (Phi) is 4.66. The highest BCUT2D eigenvalue weighted by Crippen LogP contribution is 2.29. The minimum atomic E-state index is 0.707. The molecule has 0 aliphatic carbocycles. The SMILES string of the molecule is CCNc1nc(NCCSC)c2cc(C)sc2n1. The number of hydrogen-bond donors (Lipinski definition) is 2. The molecule has 0 saturated heterocycles. The molecule has 0 atom stereocenters. The standard InChI is InChI=1S/C12H18N4S2/c1-4-13-12-15-10(14-5-6-17-3)9-7-8(2)18-11(9)16-12/h7H,4-6H2,1-3H3,(H2,13,14,15,16). The van der Waals surface area contributed by atoms with Crippen LogP contribution in [-0.2, 0) is 0 Å². The lowest BCUT2D eigenvalue weighted by atomic mass is 10.3. The van der Waals surface area contributed by atoms with Crippen molar-refractivity contribution in [2.75, 3.05) is 35.7 Å². The van der Waals surface area contributed by atoms with Gasteiger partial charge in [0, 0.05) is 23.7 Å². The molecule has 2 N–H and O–H groups in total. The number of rotatable bonds is 6. The highest BCUT2D eigenvalue weighted by molar-refractivity contribution is 7.98. The molecule has 0 amide bonds. The van der Waals surface area contributed by atoms with Crippen LogP contribution in [-0.4, -0.2) is 35.1 Å². The smallest absolute Gasteiger partial charge is 0.226 e. The fraction of sp³-hybridized carbons (Fsp3) is 0.500. The topological polar surface area (TPSA) is 49.8 Å². The summed E-state index contributed by atoms with van der Waals surface area (Å²) in [6.45, 7) is 5.91. The van der Waals surface area contributed by atoms with Gasteiger partial charge in [0.15, 0.2) is 0 Å². The van der Waals surface area contributed by atoms with Crippen LogP contribution in [0.25, 0.3) is 10.2 Å². The van der Waals surface area contributed by atoms with E-state index in [4.69, 9.17) is 0 Å². The number of fused-ring (bicyclic) bond motifs is 1. The predicted octanol–water partition coefficient (Wildman–Crippen LogP) is 3.21. The van der Waals surface area contributed by atoms with Gasteiger partial charge in [0.05, 0.1) is 5.39 Å². The lowest BCUT2D eigenvalue weighted by Crippen LogP contribution is -2.09. The van der Waals surface area contributed by atoms with E-state index in [-0.39, 0.29) is 0 Å². The van der Waals surface area contributed by atoms with Crippen molar-refractivity contribution in [1.82, 2.24) is 9.97 Å². The van der Waals surface area contributed by atoms with Crippen LogP contribution in [0, 0.1) is 6.92 Å². The van der Waals surface area contributed by atoms with Crippen LogP contribution >= 0.6 is 23.1 Å². The molecule has 2 heterocycles. The number of aromatic nitrogens is 2. The molecule has 2 aromatic heterocycles. The Hall–Kier alpha value is -1.01. The third-order valence-corrected chi connectivity index (χ3v) is 4.01. The first kappa shape index (κ1) is 13.4. The van der Waals surface area contributed by atoms with Crippen LogP contribution in [0.4, 0.5) is 11.8 Å². The quantitative estimate of drug-likeness (QED) is 0.797. The first-order valence-corrected chi connectivity index (χ1v) is 8.20. The fourth-order valence-corrected chi connectivity index (χ4v) is 2.87. The Labute approximate surface area is 116 Å². The van der Waals surface area contributed by atoms with E-state index in [0.29, 0.717) is 5.95 Å². The van der Waals surface area contributed by atoms with E-state index in [2.05, 4.69) is 39.8 Å². The number of thioether (sulfide) groups is 1. The normalized spacial score (nSPS) is 10.8. The van der Waals surface area contributed by atoms with E-state index < -0.39 is 0 Å². The molecule has 0 spiro atoms. The van der Waals surface area contributed by atoms with Gasteiger partial charge in [-0.2, -0.15) is 16.7 Å². The molecule has 0 bridgehead atoms. The molecule has 2 rings (SSSR count). The van der Waals surface area contributed by atoms with Crippen molar-refractivity contribution in [2.24, 2.45) is 0 Å². The molecule has 0 aliphatic rings. The molecule has 98 valence electrons. The van der Waals surface area contributed by atoms with Crippen molar-refractivity contribution in [3.05, 3.63) is 10.9 Å². The number of hydrogen-bond acceptors (Lipinski definition) is 6. The molecule has 18 heavy (non-hydrogen) atoms. The molecular weight excluding hydrogens is 264 g/mol. The van der Waals surface area contributed by atoms with Crippen LogP contribution in [0.15, 0.2) is 6.07 Å². The summed E-state index contributed by atoms with van der Waals surface area (Å²) >= 11 is 3.54. The second-order valence-corrected chi connectivity index (χ2v) is 6.14. The first-order chi connectivity index (χ1) is 8.74. The second-order valence-electron chi connectivity index (χ2n) is 3.92. The summed E-state index contributed by atoms with van der Waals surface area (Å²) in [5.41, 5.74) is 0. The largest absolute Gasteiger partial charge is 0.369 e. The summed E-state index contributed by atoms with van der Waals surface area (Å²) in [6.07, 6.45) is 2.11. The summed E-state index contributed by atoms with van der Waals surface area (Å²) in [5, 5.41) is 7.70. The zero-order valence-electron chi connectivity index (χ0n) is 10.9. The summed E-state index contributed by atoms with van der Waals surface area (Å²) in [4.78, 5) is 11.4. The van der Waals surface area contributed by atoms with E-state index >= 15 is 0 Å². The van der Waals surface area contributed by atoms with Crippen LogP contribution in [0.3, 0.4) is 0 Å². The van der Waals surface area contributed by atoms with Crippen molar-refractivity contribution < 1.29 is 0 Å². The van der Waals surface area contributed by atoms with Crippen LogP contribution < -0.4 is 10.6 Å². The molecule has 0 aliphatic heterocycles. The Balaban J connectivity index is 2.33. The van der Waals surface area contributed by atoms with Crippen LogP contribution in [0.1, 0.15) is 11.8 Å². The second kappa shape index (κ2) is 6.24. The van der Waals surface area contributed by atoms with Crippen molar-refractivity contribution in [3.8, 4) is 0 Å². The third-order valence-electron chi connectivity index (χ3n) is 2.45. The molecule has 0 saturated carbocycles. The van der Waals surface area contributed by atoms with Gasteiger partial charge in [-0.1, -0.05) is 0 Å². The molecule has 2 aromatic rings. The van der Waals surface area contributed by atoms with Crippen molar-refractivity contribution in [1.29, 1.82) is 0 Å². The molecule has 0 unspecified atom stereocenters. The molecule has 0 aromatic carbocycles. The Morgan fingerprint density at radius 3 is 2.89 bits per heavy atom. The Morgan fingerprint density at radius 2 is 2.17 bits per heavy atom. The highest BCUT2D eigenvalue weighted by Gasteiger charge is 2.09. The van der Waals surface area contributed by atoms with Gasteiger partial charge in [0.25, 0.3) is 0 Å². The van der Waals surface area contributed by atoms with Gasteiger partial charge in [0.2, 0.25) is 5.95 Å². The Bertz CT molecular complexity index is 524. The minimum absolute atomic E-state index is 0.707. The summed E-state index contributed by atoms with van der Waals surface area (Å²) < 4.78 is 0. The van der Waals surface area contributed by atoms with E-state index in [1.165, 1.54) is 4.88 Å². The van der Waals surface area contributed by atoms with Crippen molar-refractivity contribution in [2.45, 2.75) is 13.8 Å². The predicted molar refractivity (Wildman–Crippen MR) is 83.2 cm³/mol. The number of thiophene rings is 1. The highest BCUT2D eigenvalue weighted by atomic mass is 32.2. The Morgan fingerprint density at radius 1 is 1.33 bits per heavy atom. The first-order valence-electron chi connectivity index (χ1n) is 5.99. The summed E-state index contributed by atoms with van der Waals surface area (Å²) in [7, 11) is 0. The van der Waals surface area contributed by atoms with Gasteiger partial charge in [0.1, 0.15) is 10.6 Å². The van der Waals surface area contributed by atoms with Crippen LogP contribution in [0.2, 0.25) is 0 Å². The lowest BCUT2D eigenvalue weighted by Gasteiger charge is -2.08. The van der Waals surface area contributed by atoms with Gasteiger partial charge in [-0.05, 0) is 26.2 Å². The molecule has 4 nitrogen and oxygen atoms in total. The molecule has 6 heteroatoms. The maximum Gasteiger partial charge on any atom is 0.226 e. The fourth-order valence-electron chi connectivity index (χ4n) is 1.69. The monoisotopic (exact) mass is 282 g/mol. The van der Waals surface area contributed by atoms with Crippen molar-refractivity contribution in [3.63, 3.8) is 0 Å². The minimum Gasteiger partial charge on any atom is -0.369 e. The van der Waals surface area contributed by atoms with E-state index in [0.717, 1.165) is 34.9 Å². The zero-order chi connectivity index (χ0) is 13.0. The zero-order valence-corrected chi connectivity index (χ0v) is 12.5. The number of aryl methyl sites for hydroxylation is 1. The van der Waals surface area contributed by atoms with E-state index in [1.54, 1.807) is 11.3 Å². The maximum atomic E-state index is 4.54. The van der Waals surface area contributed by atoms with Gasteiger partial charge < -0.3 is 10.6 Å². The molecule has 0 radical (unpaired) electrons. The lowest BCUT2D eigenvalue weighted by molar-refractivity contribution is 1.10. The summed E-state index contributed by atoms with van der Waals surface area (Å²) in [5.74, 6) is 2.72. The number of anilines is 2.